The predicted octanol–water partition coefficient (Wildman–Crippen LogP) is 3.36. The van der Waals surface area contributed by atoms with E-state index in [1.54, 1.807) is 48.0 Å². The van der Waals surface area contributed by atoms with Crippen LogP contribution in [0.1, 0.15) is 51.6 Å². The van der Waals surface area contributed by atoms with Crippen LogP contribution in [0.5, 0.6) is 0 Å². The summed E-state index contributed by atoms with van der Waals surface area (Å²) in [5, 5.41) is 0.225. The van der Waals surface area contributed by atoms with Crippen molar-refractivity contribution in [2.45, 2.75) is 46.3 Å². The van der Waals surface area contributed by atoms with Gasteiger partial charge in [-0.1, -0.05) is 23.3 Å². The van der Waals surface area contributed by atoms with Gasteiger partial charge in [-0.3, -0.25) is 14.0 Å². The Kier molecular flexibility index (Phi) is 6.71. The Hall–Kier alpha value is -4.11. The van der Waals surface area contributed by atoms with E-state index < -0.39 is 11.9 Å². The zero-order chi connectivity index (χ0) is 26.1. The van der Waals surface area contributed by atoms with E-state index in [9.17, 15) is 14.4 Å². The maximum absolute atomic E-state index is 13.5. The Bertz CT molecular complexity index is 1640. The van der Waals surface area contributed by atoms with Crippen LogP contribution in [-0.4, -0.2) is 45.1 Å². The van der Waals surface area contributed by atoms with E-state index in [1.807, 2.05) is 19.9 Å². The maximum atomic E-state index is 13.5. The molecule has 0 radical (unpaired) electrons. The summed E-state index contributed by atoms with van der Waals surface area (Å²) in [6.45, 7) is 6.53. The molecule has 0 bridgehead atoms. The van der Waals surface area contributed by atoms with Crippen molar-refractivity contribution in [1.82, 2.24) is 14.0 Å². The molecule has 190 valence electrons. The van der Waals surface area contributed by atoms with Crippen LogP contribution in [0.15, 0.2) is 58.4 Å². The van der Waals surface area contributed by atoms with Gasteiger partial charge in [0, 0.05) is 18.4 Å². The Morgan fingerprint density at radius 2 is 1.95 bits per heavy atom. The highest BCUT2D eigenvalue weighted by molar-refractivity contribution is 5.97. The van der Waals surface area contributed by atoms with Crippen molar-refractivity contribution >= 4 is 28.6 Å². The number of hydrogen-bond donors (Lipinski definition) is 0. The van der Waals surface area contributed by atoms with Crippen LogP contribution in [0.25, 0.3) is 16.7 Å². The number of rotatable bonds is 5. The summed E-state index contributed by atoms with van der Waals surface area (Å²) in [7, 11) is 0. The van der Waals surface area contributed by atoms with Crippen LogP contribution in [0.4, 0.5) is 0 Å². The number of pyridine rings is 2. The number of aryl methyl sites for hydroxylation is 2. The van der Waals surface area contributed by atoms with Gasteiger partial charge in [0.05, 0.1) is 24.6 Å². The van der Waals surface area contributed by atoms with Gasteiger partial charge in [-0.25, -0.2) is 9.78 Å². The standard InChI is InChI=1S/C28H28N4O5/c1-4-36-28(35)22-15-21-24(29-23-9-5-6-10-31(23)27(21)34)32(16-20-8-7-11-37-20)25(22)30-26(33)19-13-17(2)12-18(3)14-19/h5-6,9-10,12-15,20H,4,7-8,11,16H2,1-3H3/t20-/m1/s1. The summed E-state index contributed by atoms with van der Waals surface area (Å²) < 4.78 is 14.3. The van der Waals surface area contributed by atoms with Crippen molar-refractivity contribution in [2.75, 3.05) is 13.2 Å². The van der Waals surface area contributed by atoms with Gasteiger partial charge < -0.3 is 14.0 Å². The Morgan fingerprint density at radius 3 is 2.65 bits per heavy atom. The van der Waals surface area contributed by atoms with Gasteiger partial charge in [-0.2, -0.15) is 4.99 Å². The minimum absolute atomic E-state index is 0.0276. The molecule has 0 aliphatic carbocycles. The summed E-state index contributed by atoms with van der Waals surface area (Å²) in [5.74, 6) is -1.18. The highest BCUT2D eigenvalue weighted by Crippen LogP contribution is 2.18. The minimum atomic E-state index is -0.671. The zero-order valence-corrected chi connectivity index (χ0v) is 21.1. The fraction of sp³-hybridized carbons (Fsp3) is 0.321. The number of hydrogen-bond acceptors (Lipinski definition) is 6. The molecule has 1 amide bonds. The fourth-order valence-corrected chi connectivity index (χ4v) is 4.78. The summed E-state index contributed by atoms with van der Waals surface area (Å²) in [5.41, 5.74) is 2.81. The predicted molar refractivity (Wildman–Crippen MR) is 138 cm³/mol. The molecule has 4 heterocycles. The van der Waals surface area contributed by atoms with Gasteiger partial charge in [0.1, 0.15) is 16.9 Å². The molecule has 1 fully saturated rings. The first-order valence-corrected chi connectivity index (χ1v) is 12.4. The van der Waals surface area contributed by atoms with Crippen LogP contribution >= 0.6 is 0 Å². The number of ether oxygens (including phenoxy) is 2. The van der Waals surface area contributed by atoms with Crippen LogP contribution in [0.3, 0.4) is 0 Å². The SMILES string of the molecule is CCOC(=O)c1cc2c(=O)n3ccccc3nc2n(C[C@H]2CCCO2)c1=NC(=O)c1cc(C)cc(C)c1. The van der Waals surface area contributed by atoms with Crippen LogP contribution in [0.2, 0.25) is 0 Å². The number of amides is 1. The van der Waals surface area contributed by atoms with E-state index in [-0.39, 0.29) is 41.3 Å². The number of nitrogens with zero attached hydrogens (tertiary/aromatic N) is 4. The van der Waals surface area contributed by atoms with E-state index >= 15 is 0 Å². The Morgan fingerprint density at radius 1 is 1.16 bits per heavy atom. The summed E-state index contributed by atoms with van der Waals surface area (Å²) >= 11 is 0. The zero-order valence-electron chi connectivity index (χ0n) is 21.1. The van der Waals surface area contributed by atoms with E-state index in [4.69, 9.17) is 14.5 Å². The van der Waals surface area contributed by atoms with E-state index in [2.05, 4.69) is 4.99 Å². The molecular weight excluding hydrogens is 472 g/mol. The molecule has 0 saturated carbocycles. The summed E-state index contributed by atoms with van der Waals surface area (Å²) in [6.07, 6.45) is 3.15. The lowest BCUT2D eigenvalue weighted by molar-refractivity contribution is 0.0521. The second kappa shape index (κ2) is 10.1. The lowest BCUT2D eigenvalue weighted by Crippen LogP contribution is -2.35. The molecule has 0 spiro atoms. The molecule has 9 nitrogen and oxygen atoms in total. The van der Waals surface area contributed by atoms with Gasteiger partial charge >= 0.3 is 5.97 Å². The van der Waals surface area contributed by atoms with Crippen molar-refractivity contribution in [3.63, 3.8) is 0 Å². The van der Waals surface area contributed by atoms with E-state index in [0.29, 0.717) is 23.5 Å². The third-order valence-corrected chi connectivity index (χ3v) is 6.37. The smallest absolute Gasteiger partial charge is 0.341 e. The van der Waals surface area contributed by atoms with Crippen molar-refractivity contribution < 1.29 is 19.1 Å². The fourth-order valence-electron chi connectivity index (χ4n) is 4.78. The minimum Gasteiger partial charge on any atom is -0.462 e. The third-order valence-electron chi connectivity index (χ3n) is 6.37. The maximum Gasteiger partial charge on any atom is 0.341 e. The average molecular weight is 501 g/mol. The van der Waals surface area contributed by atoms with E-state index in [0.717, 1.165) is 24.0 Å². The van der Waals surface area contributed by atoms with Crippen molar-refractivity contribution in [3.05, 3.63) is 86.8 Å². The largest absolute Gasteiger partial charge is 0.462 e. The van der Waals surface area contributed by atoms with Gasteiger partial charge in [-0.15, -0.1) is 0 Å². The van der Waals surface area contributed by atoms with Crippen LogP contribution in [-0.2, 0) is 16.0 Å². The highest BCUT2D eigenvalue weighted by Gasteiger charge is 2.24. The third kappa shape index (κ3) is 4.82. The van der Waals surface area contributed by atoms with Crippen LogP contribution in [0, 0.1) is 13.8 Å². The molecule has 37 heavy (non-hydrogen) atoms. The van der Waals surface area contributed by atoms with Crippen molar-refractivity contribution in [2.24, 2.45) is 4.99 Å². The molecule has 5 rings (SSSR count). The first-order valence-electron chi connectivity index (χ1n) is 12.4. The first-order chi connectivity index (χ1) is 17.9. The van der Waals surface area contributed by atoms with Crippen LogP contribution < -0.4 is 11.0 Å². The molecule has 3 aromatic heterocycles. The van der Waals surface area contributed by atoms with Gasteiger partial charge in [0.2, 0.25) is 0 Å². The molecule has 1 saturated heterocycles. The molecule has 4 aromatic rings. The number of fused-ring (bicyclic) bond motifs is 2. The van der Waals surface area contributed by atoms with E-state index in [1.165, 1.54) is 10.5 Å². The molecule has 0 unspecified atom stereocenters. The monoisotopic (exact) mass is 500 g/mol. The number of carbonyl (C=O) groups is 2. The molecular formula is C28H28N4O5. The number of carbonyl (C=O) groups excluding carboxylic acids is 2. The van der Waals surface area contributed by atoms with Crippen molar-refractivity contribution in [1.29, 1.82) is 0 Å². The summed E-state index contributed by atoms with van der Waals surface area (Å²) in [6, 6.07) is 12.2. The van der Waals surface area contributed by atoms with Gasteiger partial charge in [0.15, 0.2) is 5.49 Å². The quantitative estimate of drug-likeness (QED) is 0.307. The van der Waals surface area contributed by atoms with Gasteiger partial charge in [0.25, 0.3) is 11.5 Å². The van der Waals surface area contributed by atoms with Crippen molar-refractivity contribution in [3.8, 4) is 0 Å². The number of aromatic nitrogens is 3. The number of esters is 1. The Balaban J connectivity index is 1.86. The normalized spacial score (nSPS) is 16.0. The molecule has 9 heteroatoms. The molecule has 1 aliphatic rings. The lowest BCUT2D eigenvalue weighted by atomic mass is 10.1. The summed E-state index contributed by atoms with van der Waals surface area (Å²) in [4.78, 5) is 49.2. The lowest BCUT2D eigenvalue weighted by Gasteiger charge is -2.18. The molecule has 1 aliphatic heterocycles. The average Bonchev–Trinajstić information content (AvgIpc) is 3.38. The Labute approximate surface area is 213 Å². The topological polar surface area (TPSA) is 104 Å². The number of benzene rings is 1. The first kappa shape index (κ1) is 24.6. The second-order valence-electron chi connectivity index (χ2n) is 9.22. The molecule has 1 aromatic carbocycles. The second-order valence-corrected chi connectivity index (χ2v) is 9.22. The highest BCUT2D eigenvalue weighted by atomic mass is 16.5. The molecule has 1 atom stereocenters. The van der Waals surface area contributed by atoms with Gasteiger partial charge in [-0.05, 0) is 63.9 Å². The molecule has 0 N–H and O–H groups in total.